The smallest absolute Gasteiger partial charge is 0.246 e. The summed E-state index contributed by atoms with van der Waals surface area (Å²) in [6.07, 6.45) is 9.02. The van der Waals surface area contributed by atoms with Gasteiger partial charge in [0.15, 0.2) is 11.5 Å². The summed E-state index contributed by atoms with van der Waals surface area (Å²) in [5.41, 5.74) is 0.902. The van der Waals surface area contributed by atoms with Crippen LogP contribution in [0.1, 0.15) is 37.7 Å². The number of nitrogens with zero attached hydrogens (tertiary/aromatic N) is 2. The molecule has 6 heteroatoms. The predicted molar refractivity (Wildman–Crippen MR) is 101 cm³/mol. The number of amides is 2. The fraction of sp³-hybridized carbons (Fsp3) is 0.524. The summed E-state index contributed by atoms with van der Waals surface area (Å²) in [6, 6.07) is 5.62. The molecule has 0 aromatic heterocycles. The topological polar surface area (TPSA) is 59.1 Å². The van der Waals surface area contributed by atoms with Crippen molar-refractivity contribution in [1.29, 1.82) is 0 Å². The number of rotatable bonds is 3. The standard InChI is InChI=1S/C21H26N2O4/c24-20(9-7-16-6-8-18-19(14-16)27-15-26-18)22-10-12-23(13-11-22)21(25)17-4-2-1-3-5-17/h6-9,14,17H,1-5,10-13,15H2/b9-7+. The minimum atomic E-state index is -0.0163. The summed E-state index contributed by atoms with van der Waals surface area (Å²) in [4.78, 5) is 28.8. The van der Waals surface area contributed by atoms with Gasteiger partial charge in [0.1, 0.15) is 0 Å². The van der Waals surface area contributed by atoms with E-state index in [1.165, 1.54) is 19.3 Å². The molecule has 0 N–H and O–H groups in total. The molecule has 1 aromatic carbocycles. The Kier molecular flexibility index (Phi) is 5.32. The summed E-state index contributed by atoms with van der Waals surface area (Å²) in [5.74, 6) is 1.92. The SMILES string of the molecule is O=C(/C=C/c1ccc2c(c1)OCO2)N1CCN(C(=O)C2CCCCC2)CC1. The summed E-state index contributed by atoms with van der Waals surface area (Å²) in [7, 11) is 0. The maximum atomic E-state index is 12.6. The Labute approximate surface area is 159 Å². The van der Waals surface area contributed by atoms with Crippen molar-refractivity contribution in [3.05, 3.63) is 29.8 Å². The molecule has 4 rings (SSSR count). The Balaban J connectivity index is 1.29. The number of hydrogen-bond donors (Lipinski definition) is 0. The zero-order chi connectivity index (χ0) is 18.6. The van der Waals surface area contributed by atoms with Crippen LogP contribution in [0.3, 0.4) is 0 Å². The maximum absolute atomic E-state index is 12.6. The number of carbonyl (C=O) groups excluding carboxylic acids is 2. The highest BCUT2D eigenvalue weighted by molar-refractivity contribution is 5.92. The van der Waals surface area contributed by atoms with Gasteiger partial charge in [0.05, 0.1) is 0 Å². The molecule has 1 aromatic rings. The van der Waals surface area contributed by atoms with Gasteiger partial charge < -0.3 is 19.3 Å². The van der Waals surface area contributed by atoms with Crippen LogP contribution in [0.4, 0.5) is 0 Å². The van der Waals surface area contributed by atoms with E-state index in [1.54, 1.807) is 12.2 Å². The number of benzene rings is 1. The second kappa shape index (κ2) is 8.03. The fourth-order valence-electron chi connectivity index (χ4n) is 4.04. The van der Waals surface area contributed by atoms with Gasteiger partial charge in [-0.05, 0) is 36.6 Å². The summed E-state index contributed by atoms with van der Waals surface area (Å²) in [6.45, 7) is 2.72. The zero-order valence-corrected chi connectivity index (χ0v) is 15.6. The molecule has 2 aliphatic heterocycles. The third-order valence-electron chi connectivity index (χ3n) is 5.67. The minimum absolute atomic E-state index is 0.0163. The molecule has 2 heterocycles. The van der Waals surface area contributed by atoms with Crippen molar-refractivity contribution in [2.45, 2.75) is 32.1 Å². The average Bonchev–Trinajstić information content (AvgIpc) is 3.20. The van der Waals surface area contributed by atoms with Gasteiger partial charge in [0, 0.05) is 38.2 Å². The first-order valence-corrected chi connectivity index (χ1v) is 9.86. The Hall–Kier alpha value is -2.50. The highest BCUT2D eigenvalue weighted by Gasteiger charge is 2.29. The fourth-order valence-corrected chi connectivity index (χ4v) is 4.04. The molecule has 0 spiro atoms. The van der Waals surface area contributed by atoms with Gasteiger partial charge in [0.25, 0.3) is 0 Å². The van der Waals surface area contributed by atoms with E-state index in [0.29, 0.717) is 31.9 Å². The lowest BCUT2D eigenvalue weighted by Gasteiger charge is -2.36. The Morgan fingerprint density at radius 2 is 1.63 bits per heavy atom. The number of carbonyl (C=O) groups is 2. The molecule has 1 aliphatic carbocycles. The molecule has 2 amide bonds. The van der Waals surface area contributed by atoms with E-state index in [-0.39, 0.29) is 24.5 Å². The molecule has 0 unspecified atom stereocenters. The molecule has 2 fully saturated rings. The Bertz CT molecular complexity index is 732. The molecule has 0 atom stereocenters. The highest BCUT2D eigenvalue weighted by Crippen LogP contribution is 2.32. The second-order valence-electron chi connectivity index (χ2n) is 7.43. The van der Waals surface area contributed by atoms with Crippen LogP contribution in [-0.4, -0.2) is 54.6 Å². The van der Waals surface area contributed by atoms with Crippen molar-refractivity contribution >= 4 is 17.9 Å². The number of fused-ring (bicyclic) bond motifs is 1. The van der Waals surface area contributed by atoms with Crippen molar-refractivity contribution in [2.75, 3.05) is 33.0 Å². The predicted octanol–water partition coefficient (Wildman–Crippen LogP) is 2.68. The number of piperazine rings is 1. The number of hydrogen-bond acceptors (Lipinski definition) is 4. The van der Waals surface area contributed by atoms with Crippen LogP contribution in [0.5, 0.6) is 11.5 Å². The minimum Gasteiger partial charge on any atom is -0.454 e. The first kappa shape index (κ1) is 17.9. The van der Waals surface area contributed by atoms with Crippen molar-refractivity contribution in [2.24, 2.45) is 5.92 Å². The Morgan fingerprint density at radius 3 is 2.41 bits per heavy atom. The first-order valence-electron chi connectivity index (χ1n) is 9.86. The van der Waals surface area contributed by atoms with Gasteiger partial charge in [0.2, 0.25) is 18.6 Å². The van der Waals surface area contributed by atoms with Crippen molar-refractivity contribution in [1.82, 2.24) is 9.80 Å². The molecule has 144 valence electrons. The van der Waals surface area contributed by atoms with Crippen LogP contribution in [0, 0.1) is 5.92 Å². The lowest BCUT2D eigenvalue weighted by Crippen LogP contribution is -2.51. The molecular formula is C21H26N2O4. The van der Waals surface area contributed by atoms with Crippen LogP contribution in [0.2, 0.25) is 0 Å². The van der Waals surface area contributed by atoms with Gasteiger partial charge in [-0.15, -0.1) is 0 Å². The molecule has 1 saturated heterocycles. The van der Waals surface area contributed by atoms with Gasteiger partial charge in [-0.1, -0.05) is 25.3 Å². The molecule has 0 radical (unpaired) electrons. The van der Waals surface area contributed by atoms with E-state index in [2.05, 4.69) is 0 Å². The molecule has 1 saturated carbocycles. The monoisotopic (exact) mass is 370 g/mol. The highest BCUT2D eigenvalue weighted by atomic mass is 16.7. The van der Waals surface area contributed by atoms with Crippen LogP contribution >= 0.6 is 0 Å². The largest absolute Gasteiger partial charge is 0.454 e. The van der Waals surface area contributed by atoms with Crippen LogP contribution in [0.25, 0.3) is 6.08 Å². The zero-order valence-electron chi connectivity index (χ0n) is 15.6. The summed E-state index contributed by atoms with van der Waals surface area (Å²) < 4.78 is 10.7. The third kappa shape index (κ3) is 4.10. The quantitative estimate of drug-likeness (QED) is 0.768. The van der Waals surface area contributed by atoms with Crippen molar-refractivity contribution in [3.63, 3.8) is 0 Å². The summed E-state index contributed by atoms with van der Waals surface area (Å²) in [5, 5.41) is 0. The molecule has 6 nitrogen and oxygen atoms in total. The van der Waals surface area contributed by atoms with Crippen molar-refractivity contribution < 1.29 is 19.1 Å². The molecule has 27 heavy (non-hydrogen) atoms. The van der Waals surface area contributed by atoms with Crippen LogP contribution in [-0.2, 0) is 9.59 Å². The van der Waals surface area contributed by atoms with E-state index < -0.39 is 0 Å². The van der Waals surface area contributed by atoms with E-state index in [1.807, 2.05) is 28.0 Å². The van der Waals surface area contributed by atoms with Gasteiger partial charge in [-0.3, -0.25) is 9.59 Å². The molecular weight excluding hydrogens is 344 g/mol. The normalized spacial score (nSPS) is 20.3. The summed E-state index contributed by atoms with van der Waals surface area (Å²) >= 11 is 0. The van der Waals surface area contributed by atoms with E-state index in [9.17, 15) is 9.59 Å². The van der Waals surface area contributed by atoms with Gasteiger partial charge >= 0.3 is 0 Å². The van der Waals surface area contributed by atoms with Crippen LogP contribution in [0.15, 0.2) is 24.3 Å². The van der Waals surface area contributed by atoms with E-state index in [0.717, 1.165) is 24.2 Å². The van der Waals surface area contributed by atoms with Gasteiger partial charge in [-0.2, -0.15) is 0 Å². The number of ether oxygens (including phenoxy) is 2. The van der Waals surface area contributed by atoms with Crippen LogP contribution < -0.4 is 9.47 Å². The third-order valence-corrected chi connectivity index (χ3v) is 5.67. The average molecular weight is 370 g/mol. The first-order chi connectivity index (χ1) is 13.2. The lowest BCUT2D eigenvalue weighted by molar-refractivity contribution is -0.141. The Morgan fingerprint density at radius 1 is 0.926 bits per heavy atom. The van der Waals surface area contributed by atoms with E-state index >= 15 is 0 Å². The maximum Gasteiger partial charge on any atom is 0.246 e. The van der Waals surface area contributed by atoms with Crippen molar-refractivity contribution in [3.8, 4) is 11.5 Å². The molecule has 0 bridgehead atoms. The van der Waals surface area contributed by atoms with E-state index in [4.69, 9.17) is 9.47 Å². The lowest BCUT2D eigenvalue weighted by atomic mass is 9.88. The van der Waals surface area contributed by atoms with Gasteiger partial charge in [-0.25, -0.2) is 0 Å². The molecule has 3 aliphatic rings. The second-order valence-corrected chi connectivity index (χ2v) is 7.43.